The zero-order valence-electron chi connectivity index (χ0n) is 15.1. The molecule has 0 heterocycles. The molecule has 0 unspecified atom stereocenters. The lowest BCUT2D eigenvalue weighted by molar-refractivity contribution is -0.149. The maximum Gasteiger partial charge on any atom is 0.344 e. The number of carbonyl (C=O) groups excluding carboxylic acids is 2. The van der Waals surface area contributed by atoms with Crippen molar-refractivity contribution in [3.8, 4) is 11.5 Å². The number of hydrogen-bond acceptors (Lipinski definition) is 5. The van der Waals surface area contributed by atoms with Gasteiger partial charge in [0.15, 0.2) is 13.2 Å². The Morgan fingerprint density at radius 2 is 1.75 bits per heavy atom. The summed E-state index contributed by atoms with van der Waals surface area (Å²) in [4.78, 5) is 23.8. The molecule has 1 N–H and O–H groups in total. The van der Waals surface area contributed by atoms with E-state index in [1.54, 1.807) is 24.3 Å². The maximum atomic E-state index is 12.0. The first-order valence-corrected chi connectivity index (χ1v) is 8.83. The standard InChI is InChI=1S/C21H18ClNO5/c1-26-19-9-7-16(22)11-18(19)23-20(24)12-28-21(25)13-27-17-8-6-14-4-2-3-5-15(14)10-17/h2-11H,12-13H2,1H3,(H,23,24). The summed E-state index contributed by atoms with van der Waals surface area (Å²) in [5.74, 6) is -0.173. The SMILES string of the molecule is COc1ccc(Cl)cc1NC(=O)COC(=O)COc1ccc2ccccc2c1. The molecule has 28 heavy (non-hydrogen) atoms. The summed E-state index contributed by atoms with van der Waals surface area (Å²) in [7, 11) is 1.48. The summed E-state index contributed by atoms with van der Waals surface area (Å²) < 4.78 is 15.5. The van der Waals surface area contributed by atoms with Gasteiger partial charge in [0, 0.05) is 5.02 Å². The molecule has 0 aromatic heterocycles. The Morgan fingerprint density at radius 3 is 2.54 bits per heavy atom. The van der Waals surface area contributed by atoms with E-state index >= 15 is 0 Å². The second-order valence-corrected chi connectivity index (χ2v) is 6.29. The first-order chi connectivity index (χ1) is 13.5. The molecule has 1 amide bonds. The van der Waals surface area contributed by atoms with E-state index in [-0.39, 0.29) is 6.61 Å². The third-order valence-electron chi connectivity index (χ3n) is 3.88. The molecule has 3 rings (SSSR count). The molecule has 7 heteroatoms. The molecular formula is C21H18ClNO5. The number of fused-ring (bicyclic) bond motifs is 1. The number of halogens is 1. The molecule has 3 aromatic carbocycles. The molecule has 0 aliphatic rings. The van der Waals surface area contributed by atoms with Crippen LogP contribution < -0.4 is 14.8 Å². The summed E-state index contributed by atoms with van der Waals surface area (Å²) in [5, 5.41) is 5.10. The van der Waals surface area contributed by atoms with E-state index in [0.717, 1.165) is 10.8 Å². The van der Waals surface area contributed by atoms with Gasteiger partial charge >= 0.3 is 5.97 Å². The number of rotatable bonds is 7. The van der Waals surface area contributed by atoms with Gasteiger partial charge in [-0.2, -0.15) is 0 Å². The number of ether oxygens (including phenoxy) is 3. The van der Waals surface area contributed by atoms with E-state index in [2.05, 4.69) is 5.32 Å². The fourth-order valence-corrected chi connectivity index (χ4v) is 2.72. The van der Waals surface area contributed by atoms with Gasteiger partial charge in [-0.25, -0.2) is 4.79 Å². The lowest BCUT2D eigenvalue weighted by Crippen LogP contribution is -2.23. The highest BCUT2D eigenvalue weighted by Crippen LogP contribution is 2.27. The van der Waals surface area contributed by atoms with Crippen molar-refractivity contribution in [1.29, 1.82) is 0 Å². The van der Waals surface area contributed by atoms with Crippen LogP contribution in [0.4, 0.5) is 5.69 Å². The lowest BCUT2D eigenvalue weighted by atomic mass is 10.1. The second kappa shape index (κ2) is 9.10. The topological polar surface area (TPSA) is 73.9 Å². The van der Waals surface area contributed by atoms with E-state index < -0.39 is 18.5 Å². The molecule has 3 aromatic rings. The number of benzene rings is 3. The number of anilines is 1. The molecule has 144 valence electrons. The summed E-state index contributed by atoms with van der Waals surface area (Å²) >= 11 is 5.91. The minimum Gasteiger partial charge on any atom is -0.495 e. The Hall–Kier alpha value is -3.25. The molecule has 6 nitrogen and oxygen atoms in total. The van der Waals surface area contributed by atoms with Gasteiger partial charge in [-0.15, -0.1) is 0 Å². The molecule has 0 saturated carbocycles. The molecule has 0 aliphatic heterocycles. The highest BCUT2D eigenvalue weighted by molar-refractivity contribution is 6.31. The molecular weight excluding hydrogens is 382 g/mol. The molecule has 0 saturated heterocycles. The van der Waals surface area contributed by atoms with Crippen LogP contribution in [0.15, 0.2) is 60.7 Å². The third-order valence-corrected chi connectivity index (χ3v) is 4.11. The number of esters is 1. The van der Waals surface area contributed by atoms with Crippen molar-refractivity contribution in [1.82, 2.24) is 0 Å². The predicted molar refractivity (Wildman–Crippen MR) is 107 cm³/mol. The van der Waals surface area contributed by atoms with Crippen LogP contribution in [0.5, 0.6) is 11.5 Å². The van der Waals surface area contributed by atoms with Crippen LogP contribution in [0.2, 0.25) is 5.02 Å². The van der Waals surface area contributed by atoms with E-state index in [9.17, 15) is 9.59 Å². The number of carbonyl (C=O) groups is 2. The van der Waals surface area contributed by atoms with Crippen LogP contribution in [0, 0.1) is 0 Å². The van der Waals surface area contributed by atoms with Crippen molar-refractivity contribution in [3.05, 3.63) is 65.7 Å². The number of methoxy groups -OCH3 is 1. The first-order valence-electron chi connectivity index (χ1n) is 8.46. The van der Waals surface area contributed by atoms with Gasteiger partial charge in [0.1, 0.15) is 11.5 Å². The van der Waals surface area contributed by atoms with Crippen molar-refractivity contribution in [2.24, 2.45) is 0 Å². The Labute approximate surface area is 167 Å². The molecule has 0 atom stereocenters. The van der Waals surface area contributed by atoms with Crippen LogP contribution in [0.3, 0.4) is 0 Å². The van der Waals surface area contributed by atoms with Gasteiger partial charge in [-0.3, -0.25) is 4.79 Å². The van der Waals surface area contributed by atoms with E-state index in [0.29, 0.717) is 22.2 Å². The molecule has 0 bridgehead atoms. The van der Waals surface area contributed by atoms with Gasteiger partial charge in [0.2, 0.25) is 0 Å². The summed E-state index contributed by atoms with van der Waals surface area (Å²) in [6, 6.07) is 18.1. The Kier molecular flexibility index (Phi) is 6.34. The smallest absolute Gasteiger partial charge is 0.344 e. The fraction of sp³-hybridized carbons (Fsp3) is 0.143. The van der Waals surface area contributed by atoms with Crippen LogP contribution in [0.1, 0.15) is 0 Å². The van der Waals surface area contributed by atoms with Crippen molar-refractivity contribution >= 4 is 39.9 Å². The fourth-order valence-electron chi connectivity index (χ4n) is 2.55. The maximum absolute atomic E-state index is 12.0. The third kappa shape index (κ3) is 5.14. The van der Waals surface area contributed by atoms with Crippen molar-refractivity contribution in [2.45, 2.75) is 0 Å². The lowest BCUT2D eigenvalue weighted by Gasteiger charge is -2.11. The average molecular weight is 400 g/mol. The van der Waals surface area contributed by atoms with Crippen LogP contribution in [-0.4, -0.2) is 32.2 Å². The van der Waals surface area contributed by atoms with Crippen molar-refractivity contribution in [2.75, 3.05) is 25.6 Å². The van der Waals surface area contributed by atoms with Crippen LogP contribution in [0.25, 0.3) is 10.8 Å². The van der Waals surface area contributed by atoms with Gasteiger partial charge in [-0.1, -0.05) is 41.9 Å². The minimum atomic E-state index is -0.652. The van der Waals surface area contributed by atoms with Crippen molar-refractivity contribution in [3.63, 3.8) is 0 Å². The van der Waals surface area contributed by atoms with Gasteiger partial charge < -0.3 is 19.5 Å². The predicted octanol–water partition coefficient (Wildman–Crippen LogP) is 4.06. The van der Waals surface area contributed by atoms with Gasteiger partial charge in [-0.05, 0) is 41.1 Å². The Morgan fingerprint density at radius 1 is 0.964 bits per heavy atom. The van der Waals surface area contributed by atoms with E-state index in [1.165, 1.54) is 7.11 Å². The molecule has 0 aliphatic carbocycles. The molecule has 0 fully saturated rings. The molecule has 0 spiro atoms. The zero-order chi connectivity index (χ0) is 19.9. The van der Waals surface area contributed by atoms with Crippen LogP contribution >= 0.6 is 11.6 Å². The Balaban J connectivity index is 1.48. The van der Waals surface area contributed by atoms with Gasteiger partial charge in [0.25, 0.3) is 5.91 Å². The second-order valence-electron chi connectivity index (χ2n) is 5.85. The number of hydrogen-bond donors (Lipinski definition) is 1. The average Bonchev–Trinajstić information content (AvgIpc) is 2.70. The first kappa shape index (κ1) is 19.5. The molecule has 0 radical (unpaired) electrons. The monoisotopic (exact) mass is 399 g/mol. The normalized spacial score (nSPS) is 10.4. The van der Waals surface area contributed by atoms with Crippen molar-refractivity contribution < 1.29 is 23.8 Å². The highest BCUT2D eigenvalue weighted by Gasteiger charge is 2.12. The largest absolute Gasteiger partial charge is 0.495 e. The zero-order valence-corrected chi connectivity index (χ0v) is 15.9. The summed E-state index contributed by atoms with van der Waals surface area (Å²) in [6.45, 7) is -0.748. The van der Waals surface area contributed by atoms with Gasteiger partial charge in [0.05, 0.1) is 12.8 Å². The minimum absolute atomic E-state index is 0.299. The highest BCUT2D eigenvalue weighted by atomic mass is 35.5. The van der Waals surface area contributed by atoms with Crippen LogP contribution in [-0.2, 0) is 14.3 Å². The quantitative estimate of drug-likeness (QED) is 0.606. The Bertz CT molecular complexity index is 1010. The summed E-state index contributed by atoms with van der Waals surface area (Å²) in [5.41, 5.74) is 0.392. The van der Waals surface area contributed by atoms with E-state index in [1.807, 2.05) is 36.4 Å². The number of amides is 1. The van der Waals surface area contributed by atoms with E-state index in [4.69, 9.17) is 25.8 Å². The summed E-state index contributed by atoms with van der Waals surface area (Å²) in [6.07, 6.45) is 0. The number of nitrogens with one attached hydrogen (secondary N) is 1.